The smallest absolute Gasteiger partial charge is 0.630 e. The van der Waals surface area contributed by atoms with E-state index in [1.807, 2.05) is 6.92 Å². The zero-order valence-corrected chi connectivity index (χ0v) is 54.8. The van der Waals surface area contributed by atoms with E-state index in [4.69, 9.17) is 30.0 Å². The number of rotatable bonds is 11. The average Bonchev–Trinajstić information content (AvgIpc) is 4.00. The van der Waals surface area contributed by atoms with Gasteiger partial charge in [0.15, 0.2) is 0 Å². The largest absolute Gasteiger partial charge is 2.00 e. The van der Waals surface area contributed by atoms with E-state index in [0.29, 0.717) is 30.8 Å². The summed E-state index contributed by atoms with van der Waals surface area (Å²) in [6.45, 7) is 12.6. The Morgan fingerprint density at radius 1 is 0.506 bits per heavy atom. The molecule has 0 bridgehead atoms. The van der Waals surface area contributed by atoms with Gasteiger partial charge < -0.3 is 39.5 Å². The zero-order valence-electron chi connectivity index (χ0n) is 51.8. The molecule has 11 heteroatoms. The number of allylic oxidation sites excluding steroid dienone is 2. The summed E-state index contributed by atoms with van der Waals surface area (Å²) in [7, 11) is 9.47. The van der Waals surface area contributed by atoms with Crippen LogP contribution in [0.4, 0.5) is 0 Å². The number of carbonyl (C=O) groups is 2. The SMILES string of the molecule is C#COC1CCCC2/C(=C/C3CCC4CC(N(C5CCC(C)CC5)C5CCC(C)CC5)CCC4[NH+]3[CH2-])[N-]C(=O)C12.[CH2-][NH+]1C(/C=C2\[N-]C(=O)C3C(OCC)CCCC23)CCC2CC(N(C3CCC(C)CC3)C3CCC(C)CC3)CCC21.[Zn+2]. The number of likely N-dealkylation sites (tertiary alicyclic amines) is 2. The van der Waals surface area contributed by atoms with Crippen molar-refractivity contribution in [2.75, 3.05) is 6.61 Å². The van der Waals surface area contributed by atoms with Crippen molar-refractivity contribution < 1.29 is 48.3 Å². The predicted octanol–water partition coefficient (Wildman–Crippen LogP) is 12.5. The first kappa shape index (κ1) is 62.3. The quantitative estimate of drug-likeness (QED) is 0.122. The van der Waals surface area contributed by atoms with E-state index >= 15 is 0 Å². The van der Waals surface area contributed by atoms with Crippen LogP contribution in [0.25, 0.3) is 10.6 Å². The Kier molecular flexibility index (Phi) is 21.8. The van der Waals surface area contributed by atoms with Crippen molar-refractivity contribution in [3.05, 3.63) is 48.3 Å². The first-order chi connectivity index (χ1) is 38.8. The van der Waals surface area contributed by atoms with Gasteiger partial charge in [0.2, 0.25) is 0 Å². The van der Waals surface area contributed by atoms with Gasteiger partial charge in [-0.1, -0.05) is 40.5 Å². The Labute approximate surface area is 506 Å². The van der Waals surface area contributed by atoms with Crippen LogP contribution in [-0.2, 0) is 38.5 Å². The molecule has 12 aliphatic rings. The normalized spacial score (nSPS) is 46.4. The molecule has 4 heterocycles. The number of hydrogen-bond donors (Lipinski definition) is 2. The maximum absolute atomic E-state index is 12.9. The number of piperidine rings is 2. The maximum Gasteiger partial charge on any atom is 2.00 e. The summed E-state index contributed by atoms with van der Waals surface area (Å²) < 4.78 is 11.5. The summed E-state index contributed by atoms with van der Waals surface area (Å²) in [5.74, 6) is 5.48. The topological polar surface area (TPSA) is 96.2 Å². The molecule has 0 aromatic carbocycles. The van der Waals surface area contributed by atoms with Gasteiger partial charge >= 0.3 is 19.5 Å². The molecular formula is C70H112N6O4Zn. The van der Waals surface area contributed by atoms with Crippen LogP contribution in [0.3, 0.4) is 0 Å². The summed E-state index contributed by atoms with van der Waals surface area (Å²) in [4.78, 5) is 34.9. The van der Waals surface area contributed by atoms with Crippen molar-refractivity contribution >= 4 is 11.8 Å². The van der Waals surface area contributed by atoms with Crippen LogP contribution in [0.1, 0.15) is 240 Å². The molecule has 16 unspecified atom stereocenters. The Hall–Kier alpha value is -1.80. The number of fused-ring (bicyclic) bond motifs is 4. The zero-order chi connectivity index (χ0) is 55.6. The molecule has 12 fully saturated rings. The fraction of sp³-hybridized carbons (Fsp3) is 0.857. The van der Waals surface area contributed by atoms with Crippen molar-refractivity contribution in [2.45, 2.75) is 313 Å². The van der Waals surface area contributed by atoms with Gasteiger partial charge in [0, 0.05) is 79.4 Å². The van der Waals surface area contributed by atoms with Gasteiger partial charge in [0.05, 0.1) is 42.1 Å². The first-order valence-corrected chi connectivity index (χ1v) is 34.4. The van der Waals surface area contributed by atoms with E-state index in [-0.39, 0.29) is 67.2 Å². The molecule has 8 saturated carbocycles. The fourth-order valence-electron chi connectivity index (χ4n) is 20.2. The van der Waals surface area contributed by atoms with Gasteiger partial charge in [0.1, 0.15) is 12.2 Å². The molecule has 8 aliphatic carbocycles. The Morgan fingerprint density at radius 2 is 0.864 bits per heavy atom. The number of hydrogen-bond acceptors (Lipinski definition) is 6. The molecule has 448 valence electrons. The molecule has 12 rings (SSSR count). The molecular weight excluding hydrogens is 1050 g/mol. The van der Waals surface area contributed by atoms with E-state index in [1.165, 1.54) is 170 Å². The maximum atomic E-state index is 12.9. The summed E-state index contributed by atoms with van der Waals surface area (Å²) in [6, 6.07) is 6.85. The number of nitrogens with zero attached hydrogens (tertiary/aromatic N) is 4. The van der Waals surface area contributed by atoms with E-state index in [2.05, 4.69) is 66.4 Å². The van der Waals surface area contributed by atoms with Crippen LogP contribution < -0.4 is 9.80 Å². The molecule has 2 amide bonds. The standard InChI is InChI=1S/C35H59N3O2.C35H55N3O2.Zn/c2*1-5-40-33-8-6-7-30-31(36-35(39)34(30)33)22-28-18-13-25-21-29(19-20-32(25)37(28)4)38(26-14-9-23(2)10-15-26)27-16-11-24(3)12-17-27;/h22-30,32-34,37H,4-21H2,1-3H3,(H,36,39);1,22-30,32-34,37H,4,6-21H2,2-3H3,(H,36,39);/q;;+2/p-2/b2*31-22-;. The second-order valence-corrected chi connectivity index (χ2v) is 29.7. The summed E-state index contributed by atoms with van der Waals surface area (Å²) >= 11 is 0. The third-order valence-corrected chi connectivity index (χ3v) is 24.8. The molecule has 4 aliphatic heterocycles. The fourth-order valence-corrected chi connectivity index (χ4v) is 20.2. The van der Waals surface area contributed by atoms with Crippen molar-refractivity contribution in [3.63, 3.8) is 0 Å². The van der Waals surface area contributed by atoms with Crippen LogP contribution in [0.2, 0.25) is 0 Å². The van der Waals surface area contributed by atoms with Gasteiger partial charge in [-0.05, 0) is 241 Å². The molecule has 81 heavy (non-hydrogen) atoms. The minimum absolute atomic E-state index is 0. The number of quaternary nitrogens is 2. The molecule has 0 aromatic rings. The molecule has 4 saturated heterocycles. The molecule has 0 spiro atoms. The number of amides is 2. The predicted molar refractivity (Wildman–Crippen MR) is 322 cm³/mol. The molecule has 2 N–H and O–H groups in total. The Bertz CT molecular complexity index is 2100. The van der Waals surface area contributed by atoms with Gasteiger partial charge in [0.25, 0.3) is 0 Å². The minimum Gasteiger partial charge on any atom is -0.630 e. The van der Waals surface area contributed by atoms with Crippen LogP contribution in [-0.4, -0.2) is 101 Å². The molecule has 10 nitrogen and oxygen atoms in total. The summed E-state index contributed by atoms with van der Waals surface area (Å²) in [5.41, 5.74) is 2.07. The first-order valence-electron chi connectivity index (χ1n) is 34.4. The van der Waals surface area contributed by atoms with Gasteiger partial charge in [-0.25, -0.2) is 0 Å². The molecule has 0 aromatic heterocycles. The second kappa shape index (κ2) is 28.4. The van der Waals surface area contributed by atoms with Crippen LogP contribution >= 0.6 is 0 Å². The van der Waals surface area contributed by atoms with Crippen LogP contribution in [0, 0.1) is 85.8 Å². The monoisotopic (exact) mass is 1160 g/mol. The number of ether oxygens (including phenoxy) is 2. The van der Waals surface area contributed by atoms with Crippen molar-refractivity contribution in [2.24, 2.45) is 59.2 Å². The molecule has 16 atom stereocenters. The average molecular weight is 1170 g/mol. The third kappa shape index (κ3) is 14.0. The molecule has 0 radical (unpaired) electrons. The van der Waals surface area contributed by atoms with Gasteiger partial charge in [-0.3, -0.25) is 9.80 Å². The van der Waals surface area contributed by atoms with Gasteiger partial charge in [-0.15, -0.1) is 14.1 Å². The van der Waals surface area contributed by atoms with Crippen molar-refractivity contribution in [1.29, 1.82) is 0 Å². The number of nitrogens with one attached hydrogen (secondary N) is 2. The summed E-state index contributed by atoms with van der Waals surface area (Å²) in [5, 5.41) is 9.22. The van der Waals surface area contributed by atoms with E-state index in [0.717, 1.165) is 128 Å². The van der Waals surface area contributed by atoms with E-state index in [1.54, 1.807) is 0 Å². The second-order valence-electron chi connectivity index (χ2n) is 29.7. The van der Waals surface area contributed by atoms with Gasteiger partial charge in [-0.2, -0.15) is 11.4 Å². The van der Waals surface area contributed by atoms with Crippen molar-refractivity contribution in [3.8, 4) is 12.5 Å². The Balaban J connectivity index is 0.000000180. The van der Waals surface area contributed by atoms with Crippen LogP contribution in [0.15, 0.2) is 23.5 Å². The van der Waals surface area contributed by atoms with Crippen molar-refractivity contribution in [1.82, 2.24) is 9.80 Å². The number of terminal acetylenes is 1. The van der Waals surface area contributed by atoms with E-state index < -0.39 is 0 Å². The summed E-state index contributed by atoms with van der Waals surface area (Å²) in [6.07, 6.45) is 54.2. The van der Waals surface area contributed by atoms with Crippen LogP contribution in [0.5, 0.6) is 0 Å². The third-order valence-electron chi connectivity index (χ3n) is 24.8. The minimum atomic E-state index is -0.187. The number of carbonyl (C=O) groups excluding carboxylic acids is 2. The Morgan fingerprint density at radius 3 is 1.23 bits per heavy atom. The van der Waals surface area contributed by atoms with E-state index in [9.17, 15) is 9.59 Å².